The van der Waals surface area contributed by atoms with Crippen LogP contribution in [0.2, 0.25) is 0 Å². The van der Waals surface area contributed by atoms with E-state index in [1.54, 1.807) is 0 Å². The SMILES string of the molecule is Nc1noc(-c2ccccc2I)c1-c1cccc(Br)c1. The third kappa shape index (κ3) is 2.47. The average molecular weight is 441 g/mol. The van der Waals surface area contributed by atoms with Crippen LogP contribution in [0.15, 0.2) is 57.5 Å². The molecule has 3 rings (SSSR count). The molecule has 0 radical (unpaired) electrons. The van der Waals surface area contributed by atoms with Crippen molar-refractivity contribution in [3.63, 3.8) is 0 Å². The van der Waals surface area contributed by atoms with Gasteiger partial charge in [0, 0.05) is 13.6 Å². The lowest BCUT2D eigenvalue weighted by molar-refractivity contribution is 0.436. The minimum absolute atomic E-state index is 0.401. The molecular formula is C15H10BrIN2O. The summed E-state index contributed by atoms with van der Waals surface area (Å²) in [5.41, 5.74) is 8.79. The van der Waals surface area contributed by atoms with Gasteiger partial charge in [0.1, 0.15) is 0 Å². The fourth-order valence-corrected chi connectivity index (χ4v) is 3.09. The molecule has 3 aromatic rings. The maximum absolute atomic E-state index is 5.99. The van der Waals surface area contributed by atoms with Crippen LogP contribution in [-0.2, 0) is 0 Å². The topological polar surface area (TPSA) is 52.0 Å². The summed E-state index contributed by atoms with van der Waals surface area (Å²) in [6, 6.07) is 15.9. The number of hydrogen-bond acceptors (Lipinski definition) is 3. The number of nitrogen functional groups attached to an aromatic ring is 1. The number of nitrogens with two attached hydrogens (primary N) is 1. The van der Waals surface area contributed by atoms with Gasteiger partial charge >= 0.3 is 0 Å². The maximum Gasteiger partial charge on any atom is 0.177 e. The van der Waals surface area contributed by atoms with Gasteiger partial charge in [-0.15, -0.1) is 0 Å². The van der Waals surface area contributed by atoms with Gasteiger partial charge in [0.05, 0.1) is 5.56 Å². The number of hydrogen-bond donors (Lipinski definition) is 1. The number of benzene rings is 2. The predicted octanol–water partition coefficient (Wildman–Crippen LogP) is 4.96. The number of aromatic nitrogens is 1. The van der Waals surface area contributed by atoms with Crippen LogP contribution >= 0.6 is 38.5 Å². The largest absolute Gasteiger partial charge is 0.380 e. The van der Waals surface area contributed by atoms with Gasteiger partial charge in [0.15, 0.2) is 11.6 Å². The molecule has 2 N–H and O–H groups in total. The molecule has 0 unspecified atom stereocenters. The third-order valence-electron chi connectivity index (χ3n) is 2.95. The van der Waals surface area contributed by atoms with Crippen molar-refractivity contribution in [3.8, 4) is 22.5 Å². The molecule has 0 aliphatic carbocycles. The molecule has 5 heteroatoms. The molecule has 3 nitrogen and oxygen atoms in total. The van der Waals surface area contributed by atoms with E-state index in [9.17, 15) is 0 Å². The second kappa shape index (κ2) is 5.57. The first kappa shape index (κ1) is 13.6. The first-order valence-electron chi connectivity index (χ1n) is 5.93. The van der Waals surface area contributed by atoms with Crippen molar-refractivity contribution < 1.29 is 4.52 Å². The number of rotatable bonds is 2. The lowest BCUT2D eigenvalue weighted by Crippen LogP contribution is -1.89. The highest BCUT2D eigenvalue weighted by Gasteiger charge is 2.19. The summed E-state index contributed by atoms with van der Waals surface area (Å²) in [4.78, 5) is 0. The summed E-state index contributed by atoms with van der Waals surface area (Å²) in [7, 11) is 0. The van der Waals surface area contributed by atoms with Crippen molar-refractivity contribution in [1.82, 2.24) is 5.16 Å². The molecule has 20 heavy (non-hydrogen) atoms. The predicted molar refractivity (Wildman–Crippen MR) is 92.2 cm³/mol. The van der Waals surface area contributed by atoms with Crippen molar-refractivity contribution in [1.29, 1.82) is 0 Å². The van der Waals surface area contributed by atoms with Crippen molar-refractivity contribution in [2.75, 3.05) is 5.73 Å². The smallest absolute Gasteiger partial charge is 0.177 e. The zero-order chi connectivity index (χ0) is 14.1. The monoisotopic (exact) mass is 440 g/mol. The van der Waals surface area contributed by atoms with E-state index in [1.165, 1.54) is 0 Å². The number of halogens is 2. The molecule has 0 atom stereocenters. The van der Waals surface area contributed by atoms with E-state index in [0.717, 1.165) is 24.7 Å². The Kier molecular flexibility index (Phi) is 3.80. The fourth-order valence-electron chi connectivity index (χ4n) is 2.05. The molecule has 0 amide bonds. The van der Waals surface area contributed by atoms with E-state index < -0.39 is 0 Å². The van der Waals surface area contributed by atoms with E-state index in [2.05, 4.69) is 43.7 Å². The number of anilines is 1. The van der Waals surface area contributed by atoms with Crippen molar-refractivity contribution in [3.05, 3.63) is 56.6 Å². The zero-order valence-electron chi connectivity index (χ0n) is 10.3. The zero-order valence-corrected chi connectivity index (χ0v) is 14.1. The Labute approximate surface area is 138 Å². The molecule has 0 spiro atoms. The minimum atomic E-state index is 0.401. The molecule has 0 bridgehead atoms. The third-order valence-corrected chi connectivity index (χ3v) is 4.38. The molecule has 0 aliphatic rings. The van der Waals surface area contributed by atoms with Crippen LogP contribution in [0.4, 0.5) is 5.82 Å². The molecule has 1 aromatic heterocycles. The first-order chi connectivity index (χ1) is 9.66. The van der Waals surface area contributed by atoms with E-state index in [4.69, 9.17) is 10.3 Å². The molecule has 1 heterocycles. The summed E-state index contributed by atoms with van der Waals surface area (Å²) >= 11 is 5.75. The lowest BCUT2D eigenvalue weighted by atomic mass is 10.0. The Hall–Kier alpha value is -1.34. The quantitative estimate of drug-likeness (QED) is 0.573. The molecule has 0 saturated heterocycles. The molecule has 0 saturated carbocycles. The van der Waals surface area contributed by atoms with Crippen LogP contribution in [0.3, 0.4) is 0 Å². The van der Waals surface area contributed by atoms with Gasteiger partial charge in [0.2, 0.25) is 0 Å². The first-order valence-corrected chi connectivity index (χ1v) is 7.80. The summed E-state index contributed by atoms with van der Waals surface area (Å²) in [5.74, 6) is 1.10. The van der Waals surface area contributed by atoms with Gasteiger partial charge in [-0.05, 0) is 46.4 Å². The van der Waals surface area contributed by atoms with E-state index in [0.29, 0.717) is 11.6 Å². The summed E-state index contributed by atoms with van der Waals surface area (Å²) in [6.45, 7) is 0. The van der Waals surface area contributed by atoms with Gasteiger partial charge in [0.25, 0.3) is 0 Å². The van der Waals surface area contributed by atoms with Crippen LogP contribution in [0.1, 0.15) is 0 Å². The van der Waals surface area contributed by atoms with E-state index in [-0.39, 0.29) is 0 Å². The van der Waals surface area contributed by atoms with Crippen molar-refractivity contribution >= 4 is 44.3 Å². The van der Waals surface area contributed by atoms with Gasteiger partial charge in [-0.2, -0.15) is 0 Å². The fraction of sp³-hybridized carbons (Fsp3) is 0. The Morgan fingerprint density at radius 2 is 1.90 bits per heavy atom. The molecule has 0 aliphatic heterocycles. The van der Waals surface area contributed by atoms with E-state index >= 15 is 0 Å². The summed E-state index contributed by atoms with van der Waals surface area (Å²) < 4.78 is 7.55. The van der Waals surface area contributed by atoms with Gasteiger partial charge < -0.3 is 10.3 Å². The summed E-state index contributed by atoms with van der Waals surface area (Å²) in [5, 5.41) is 3.92. The Morgan fingerprint density at radius 1 is 1.10 bits per heavy atom. The van der Waals surface area contributed by atoms with Crippen LogP contribution in [0.25, 0.3) is 22.5 Å². The Balaban J connectivity index is 2.23. The van der Waals surface area contributed by atoms with Crippen LogP contribution in [-0.4, -0.2) is 5.16 Å². The second-order valence-corrected chi connectivity index (χ2v) is 6.34. The number of nitrogens with zero attached hydrogens (tertiary/aromatic N) is 1. The molecule has 100 valence electrons. The van der Waals surface area contributed by atoms with Gasteiger partial charge in [-0.3, -0.25) is 0 Å². The average Bonchev–Trinajstić information content (AvgIpc) is 2.81. The molecule has 2 aromatic carbocycles. The highest BCUT2D eigenvalue weighted by molar-refractivity contribution is 14.1. The second-order valence-electron chi connectivity index (χ2n) is 4.26. The highest BCUT2D eigenvalue weighted by Crippen LogP contribution is 2.38. The Morgan fingerprint density at radius 3 is 2.65 bits per heavy atom. The van der Waals surface area contributed by atoms with Crippen molar-refractivity contribution in [2.45, 2.75) is 0 Å². The van der Waals surface area contributed by atoms with Gasteiger partial charge in [-0.1, -0.05) is 51.4 Å². The standard InChI is InChI=1S/C15H10BrIN2O/c16-10-5-3-4-9(8-10)13-14(20-19-15(13)18)11-6-1-2-7-12(11)17/h1-8H,(H2,18,19). The van der Waals surface area contributed by atoms with Crippen LogP contribution in [0, 0.1) is 3.57 Å². The van der Waals surface area contributed by atoms with Crippen molar-refractivity contribution in [2.24, 2.45) is 0 Å². The normalized spacial score (nSPS) is 10.7. The molecular weight excluding hydrogens is 431 g/mol. The lowest BCUT2D eigenvalue weighted by Gasteiger charge is -2.05. The van der Waals surface area contributed by atoms with Crippen LogP contribution < -0.4 is 5.73 Å². The molecule has 0 fully saturated rings. The van der Waals surface area contributed by atoms with E-state index in [1.807, 2.05) is 48.5 Å². The Bertz CT molecular complexity index is 770. The van der Waals surface area contributed by atoms with Crippen LogP contribution in [0.5, 0.6) is 0 Å². The minimum Gasteiger partial charge on any atom is -0.380 e. The highest BCUT2D eigenvalue weighted by atomic mass is 127. The van der Waals surface area contributed by atoms with Gasteiger partial charge in [-0.25, -0.2) is 0 Å². The maximum atomic E-state index is 5.99. The summed E-state index contributed by atoms with van der Waals surface area (Å²) in [6.07, 6.45) is 0.